The van der Waals surface area contributed by atoms with Crippen molar-refractivity contribution in [1.29, 1.82) is 0 Å². The molecule has 21 heavy (non-hydrogen) atoms. The number of carbonyl (C=O) groups excluding carboxylic acids is 2. The van der Waals surface area contributed by atoms with E-state index < -0.39 is 5.97 Å². The molecule has 2 rings (SSSR count). The quantitative estimate of drug-likeness (QED) is 0.835. The third kappa shape index (κ3) is 4.29. The van der Waals surface area contributed by atoms with Crippen molar-refractivity contribution in [3.05, 3.63) is 29.8 Å². The Bertz CT molecular complexity index is 522. The monoisotopic (exact) mass is 290 g/mol. The summed E-state index contributed by atoms with van der Waals surface area (Å²) in [5.74, 6) is -0.532. The van der Waals surface area contributed by atoms with E-state index in [1.54, 1.807) is 24.3 Å². The van der Waals surface area contributed by atoms with Crippen molar-refractivity contribution in [2.24, 2.45) is 5.73 Å². The van der Waals surface area contributed by atoms with E-state index >= 15 is 0 Å². The van der Waals surface area contributed by atoms with Crippen LogP contribution in [0.2, 0.25) is 0 Å². The molecule has 1 aromatic carbocycles. The fourth-order valence-corrected chi connectivity index (χ4v) is 2.80. The largest absolute Gasteiger partial charge is 0.465 e. The first-order chi connectivity index (χ1) is 10.0. The molecule has 1 aliphatic rings. The summed E-state index contributed by atoms with van der Waals surface area (Å²) < 4.78 is 4.66. The number of benzene rings is 1. The van der Waals surface area contributed by atoms with Gasteiger partial charge in [-0.1, -0.05) is 25.3 Å². The smallest absolute Gasteiger partial charge is 0.337 e. The van der Waals surface area contributed by atoms with Crippen molar-refractivity contribution in [3.8, 4) is 0 Å². The summed E-state index contributed by atoms with van der Waals surface area (Å²) in [7, 11) is 1.33. The second-order valence-electron chi connectivity index (χ2n) is 5.72. The van der Waals surface area contributed by atoms with Gasteiger partial charge < -0.3 is 15.8 Å². The van der Waals surface area contributed by atoms with Crippen LogP contribution < -0.4 is 11.1 Å². The van der Waals surface area contributed by atoms with Gasteiger partial charge in [-0.2, -0.15) is 0 Å². The van der Waals surface area contributed by atoms with Gasteiger partial charge in [0.2, 0.25) is 5.91 Å². The summed E-state index contributed by atoms with van der Waals surface area (Å²) in [6.07, 6.45) is 5.46. The normalized spacial score (nSPS) is 17.0. The minimum absolute atomic E-state index is 0.110. The fraction of sp³-hybridized carbons (Fsp3) is 0.500. The highest BCUT2D eigenvalue weighted by molar-refractivity contribution is 5.94. The van der Waals surface area contributed by atoms with E-state index in [0.717, 1.165) is 25.7 Å². The molecule has 114 valence electrons. The van der Waals surface area contributed by atoms with Crippen LogP contribution in [0.5, 0.6) is 0 Å². The Balaban J connectivity index is 1.97. The molecule has 0 radical (unpaired) electrons. The molecule has 0 unspecified atom stereocenters. The molecule has 0 aliphatic heterocycles. The number of carbonyl (C=O) groups is 2. The number of anilines is 1. The standard InChI is InChI=1S/C16H22N2O3/c1-21-15(20)12-6-5-7-13(10-12)18-14(19)11-16(17)8-3-2-4-9-16/h5-7,10H,2-4,8-9,11,17H2,1H3,(H,18,19). The number of nitrogens with two attached hydrogens (primary N) is 1. The summed E-state index contributed by atoms with van der Waals surface area (Å²) in [5.41, 5.74) is 6.89. The van der Waals surface area contributed by atoms with Crippen LogP contribution in [-0.4, -0.2) is 24.5 Å². The Kier molecular flexibility index (Phi) is 4.96. The Morgan fingerprint density at radius 1 is 1.29 bits per heavy atom. The summed E-state index contributed by atoms with van der Waals surface area (Å²) >= 11 is 0. The average molecular weight is 290 g/mol. The maximum Gasteiger partial charge on any atom is 0.337 e. The molecule has 0 heterocycles. The van der Waals surface area contributed by atoms with Gasteiger partial charge in [0.25, 0.3) is 0 Å². The molecule has 1 aliphatic carbocycles. The zero-order valence-corrected chi connectivity index (χ0v) is 12.4. The molecule has 3 N–H and O–H groups in total. The number of amides is 1. The van der Waals surface area contributed by atoms with Crippen LogP contribution in [0.15, 0.2) is 24.3 Å². The van der Waals surface area contributed by atoms with E-state index in [1.807, 2.05) is 0 Å². The molecular weight excluding hydrogens is 268 g/mol. The summed E-state index contributed by atoms with van der Waals surface area (Å²) in [6, 6.07) is 6.70. The van der Waals surface area contributed by atoms with Crippen LogP contribution in [0.3, 0.4) is 0 Å². The molecular formula is C16H22N2O3. The van der Waals surface area contributed by atoms with Crippen LogP contribution in [-0.2, 0) is 9.53 Å². The molecule has 5 nitrogen and oxygen atoms in total. The average Bonchev–Trinajstić information content (AvgIpc) is 2.46. The van der Waals surface area contributed by atoms with Gasteiger partial charge in [-0.25, -0.2) is 4.79 Å². The Labute approximate surface area is 124 Å². The van der Waals surface area contributed by atoms with Gasteiger partial charge in [0, 0.05) is 17.6 Å². The van der Waals surface area contributed by atoms with E-state index in [9.17, 15) is 9.59 Å². The van der Waals surface area contributed by atoms with E-state index in [0.29, 0.717) is 17.7 Å². The van der Waals surface area contributed by atoms with Crippen LogP contribution in [0.25, 0.3) is 0 Å². The van der Waals surface area contributed by atoms with E-state index in [2.05, 4.69) is 10.1 Å². The second kappa shape index (κ2) is 6.72. The number of hydrogen-bond donors (Lipinski definition) is 2. The molecule has 5 heteroatoms. The molecule has 1 aromatic rings. The molecule has 1 fully saturated rings. The lowest BCUT2D eigenvalue weighted by Gasteiger charge is -2.32. The first-order valence-corrected chi connectivity index (χ1v) is 7.29. The summed E-state index contributed by atoms with van der Waals surface area (Å²) in [4.78, 5) is 23.6. The van der Waals surface area contributed by atoms with Gasteiger partial charge in [0.1, 0.15) is 0 Å². The van der Waals surface area contributed by atoms with Crippen LogP contribution in [0.1, 0.15) is 48.9 Å². The van der Waals surface area contributed by atoms with Crippen molar-refractivity contribution in [1.82, 2.24) is 0 Å². The minimum Gasteiger partial charge on any atom is -0.465 e. The lowest BCUT2D eigenvalue weighted by atomic mass is 9.80. The minimum atomic E-state index is -0.423. The summed E-state index contributed by atoms with van der Waals surface area (Å²) in [5, 5.41) is 2.81. The highest BCUT2D eigenvalue weighted by Gasteiger charge is 2.29. The predicted octanol–water partition coefficient (Wildman–Crippen LogP) is 2.46. The van der Waals surface area contributed by atoms with Gasteiger partial charge in [-0.05, 0) is 31.0 Å². The SMILES string of the molecule is COC(=O)c1cccc(NC(=O)CC2(N)CCCCC2)c1. The topological polar surface area (TPSA) is 81.4 Å². The van der Waals surface area contributed by atoms with Crippen molar-refractivity contribution in [3.63, 3.8) is 0 Å². The molecule has 0 spiro atoms. The van der Waals surface area contributed by atoms with Crippen molar-refractivity contribution in [2.75, 3.05) is 12.4 Å². The van der Waals surface area contributed by atoms with Crippen molar-refractivity contribution >= 4 is 17.6 Å². The first kappa shape index (κ1) is 15.5. The van der Waals surface area contributed by atoms with E-state index in [-0.39, 0.29) is 11.4 Å². The molecule has 1 amide bonds. The second-order valence-corrected chi connectivity index (χ2v) is 5.72. The van der Waals surface area contributed by atoms with Crippen LogP contribution >= 0.6 is 0 Å². The van der Waals surface area contributed by atoms with Gasteiger partial charge in [-0.3, -0.25) is 4.79 Å². The molecule has 0 atom stereocenters. The third-order valence-electron chi connectivity index (χ3n) is 3.93. The molecule has 0 aromatic heterocycles. The van der Waals surface area contributed by atoms with E-state index in [1.165, 1.54) is 13.5 Å². The lowest BCUT2D eigenvalue weighted by molar-refractivity contribution is -0.117. The predicted molar refractivity (Wildman–Crippen MR) is 81.0 cm³/mol. The van der Waals surface area contributed by atoms with Gasteiger partial charge in [-0.15, -0.1) is 0 Å². The first-order valence-electron chi connectivity index (χ1n) is 7.29. The zero-order valence-electron chi connectivity index (χ0n) is 12.4. The Hall–Kier alpha value is -1.88. The zero-order chi connectivity index (χ0) is 15.3. The molecule has 0 bridgehead atoms. The number of nitrogens with one attached hydrogen (secondary N) is 1. The summed E-state index contributed by atoms with van der Waals surface area (Å²) in [6.45, 7) is 0. The van der Waals surface area contributed by atoms with Gasteiger partial charge >= 0.3 is 5.97 Å². The van der Waals surface area contributed by atoms with E-state index in [4.69, 9.17) is 5.73 Å². The Morgan fingerprint density at radius 2 is 2.00 bits per heavy atom. The van der Waals surface area contributed by atoms with Crippen molar-refractivity contribution in [2.45, 2.75) is 44.1 Å². The third-order valence-corrected chi connectivity index (χ3v) is 3.93. The Morgan fingerprint density at radius 3 is 2.67 bits per heavy atom. The maximum absolute atomic E-state index is 12.1. The number of esters is 1. The number of rotatable bonds is 4. The van der Waals surface area contributed by atoms with Gasteiger partial charge in [0.05, 0.1) is 12.7 Å². The van der Waals surface area contributed by atoms with Crippen LogP contribution in [0, 0.1) is 0 Å². The maximum atomic E-state index is 12.1. The number of ether oxygens (including phenoxy) is 1. The fourth-order valence-electron chi connectivity index (χ4n) is 2.80. The highest BCUT2D eigenvalue weighted by atomic mass is 16.5. The van der Waals surface area contributed by atoms with Gasteiger partial charge in [0.15, 0.2) is 0 Å². The molecule has 0 saturated heterocycles. The number of hydrogen-bond acceptors (Lipinski definition) is 4. The highest BCUT2D eigenvalue weighted by Crippen LogP contribution is 2.29. The van der Waals surface area contributed by atoms with Crippen LogP contribution in [0.4, 0.5) is 5.69 Å². The lowest BCUT2D eigenvalue weighted by Crippen LogP contribution is -2.44. The van der Waals surface area contributed by atoms with Crippen molar-refractivity contribution < 1.29 is 14.3 Å². The number of methoxy groups -OCH3 is 1. The molecule has 1 saturated carbocycles.